The number of guanidine groups is 1. The lowest BCUT2D eigenvalue weighted by Gasteiger charge is -2.46. The first-order chi connectivity index (χ1) is 12.6. The minimum Gasteiger partial charge on any atom is -0.449 e. The van der Waals surface area contributed by atoms with Gasteiger partial charge in [-0.3, -0.25) is 9.69 Å². The Hall–Kier alpha value is -2.90. The first-order valence-electron chi connectivity index (χ1n) is 8.64. The smallest absolute Gasteiger partial charge is 0.237 e. The van der Waals surface area contributed by atoms with E-state index in [0.29, 0.717) is 23.7 Å². The molecule has 1 amide bonds. The Morgan fingerprint density at radius 2 is 2.04 bits per heavy atom. The number of carbonyl (C=O) groups excluding carboxylic acids is 1. The van der Waals surface area contributed by atoms with Crippen LogP contribution in [0.5, 0.6) is 0 Å². The lowest BCUT2D eigenvalue weighted by Crippen LogP contribution is -2.58. The molecule has 1 aromatic carbocycles. The van der Waals surface area contributed by atoms with Crippen molar-refractivity contribution in [3.8, 4) is 0 Å². The minimum absolute atomic E-state index is 0.0673. The molecular weight excluding hydrogens is 349 g/mol. The number of benzene rings is 1. The lowest BCUT2D eigenvalue weighted by molar-refractivity contribution is -0.140. The van der Waals surface area contributed by atoms with Crippen molar-refractivity contribution in [3.63, 3.8) is 0 Å². The maximum absolute atomic E-state index is 14.8. The maximum Gasteiger partial charge on any atom is 0.237 e. The van der Waals surface area contributed by atoms with E-state index >= 15 is 0 Å². The van der Waals surface area contributed by atoms with Gasteiger partial charge in [0, 0.05) is 25.2 Å². The van der Waals surface area contributed by atoms with Crippen molar-refractivity contribution in [1.82, 2.24) is 9.88 Å². The summed E-state index contributed by atoms with van der Waals surface area (Å²) in [5.74, 6) is -0.0104. The molecule has 2 aromatic rings. The van der Waals surface area contributed by atoms with Crippen LogP contribution in [0.2, 0.25) is 0 Å². The van der Waals surface area contributed by atoms with Crippen LogP contribution >= 0.6 is 0 Å². The number of nitrogens with zero attached hydrogens (tertiary/aromatic N) is 3. The predicted molar refractivity (Wildman–Crippen MR) is 100 cm³/mol. The summed E-state index contributed by atoms with van der Waals surface area (Å²) in [7, 11) is 1.57. The van der Waals surface area contributed by atoms with Gasteiger partial charge < -0.3 is 15.5 Å². The maximum atomic E-state index is 14.8. The number of oxazole rings is 1. The molecule has 3 rings (SSSR count). The number of carbonyl (C=O) groups is 1. The molecule has 0 radical (unpaired) electrons. The Morgan fingerprint density at radius 3 is 2.67 bits per heavy atom. The van der Waals surface area contributed by atoms with Crippen LogP contribution < -0.4 is 11.1 Å². The van der Waals surface area contributed by atoms with Crippen molar-refractivity contribution in [3.05, 3.63) is 47.4 Å². The number of halogens is 1. The van der Waals surface area contributed by atoms with Gasteiger partial charge in [0.25, 0.3) is 0 Å². The number of anilines is 1. The van der Waals surface area contributed by atoms with Crippen LogP contribution in [0.15, 0.2) is 33.9 Å². The molecule has 1 aliphatic heterocycles. The van der Waals surface area contributed by atoms with E-state index in [9.17, 15) is 9.18 Å². The van der Waals surface area contributed by atoms with Gasteiger partial charge in [-0.2, -0.15) is 0 Å². The van der Waals surface area contributed by atoms with Crippen molar-refractivity contribution in [2.75, 3.05) is 12.4 Å². The topological polar surface area (TPSA) is 96.7 Å². The van der Waals surface area contributed by atoms with Gasteiger partial charge in [-0.05, 0) is 39.0 Å². The molecule has 0 saturated heterocycles. The number of rotatable bonds is 4. The fraction of sp³-hybridized carbons (Fsp3) is 0.421. The largest absolute Gasteiger partial charge is 0.449 e. The van der Waals surface area contributed by atoms with Crippen LogP contribution in [0.4, 0.5) is 10.1 Å². The summed E-state index contributed by atoms with van der Waals surface area (Å²) < 4.78 is 20.0. The number of aryl methyl sites for hydroxylation is 1. The Labute approximate surface area is 157 Å². The summed E-state index contributed by atoms with van der Waals surface area (Å²) in [6, 6.07) is 4.66. The van der Waals surface area contributed by atoms with Crippen LogP contribution in [0.25, 0.3) is 0 Å². The average Bonchev–Trinajstić information content (AvgIpc) is 3.03. The van der Waals surface area contributed by atoms with Gasteiger partial charge in [0.1, 0.15) is 17.6 Å². The number of amides is 1. The highest BCUT2D eigenvalue weighted by Gasteiger charge is 2.53. The molecular formula is C19H24FN5O2. The highest BCUT2D eigenvalue weighted by molar-refractivity contribution is 6.01. The summed E-state index contributed by atoms with van der Waals surface area (Å²) in [5.41, 5.74) is 5.53. The van der Waals surface area contributed by atoms with Crippen molar-refractivity contribution in [2.24, 2.45) is 16.1 Å². The Bertz CT molecular complexity index is 921. The Balaban J connectivity index is 1.99. The van der Waals surface area contributed by atoms with Gasteiger partial charge >= 0.3 is 0 Å². The third-order valence-electron chi connectivity index (χ3n) is 5.37. The highest BCUT2D eigenvalue weighted by Crippen LogP contribution is 2.47. The monoisotopic (exact) mass is 373 g/mol. The second kappa shape index (κ2) is 6.37. The highest BCUT2D eigenvalue weighted by atomic mass is 19.1. The normalized spacial score (nSPS) is 21.9. The summed E-state index contributed by atoms with van der Waals surface area (Å²) >= 11 is 0. The van der Waals surface area contributed by atoms with Crippen LogP contribution in [0.3, 0.4) is 0 Å². The van der Waals surface area contributed by atoms with Crippen molar-refractivity contribution >= 4 is 17.6 Å². The number of hydrogen-bond acceptors (Lipinski definition) is 6. The minimum atomic E-state index is -1.15. The van der Waals surface area contributed by atoms with Gasteiger partial charge in [-0.1, -0.05) is 0 Å². The molecule has 1 aromatic heterocycles. The number of nitrogens with one attached hydrogen (secondary N) is 1. The van der Waals surface area contributed by atoms with Gasteiger partial charge in [0.2, 0.25) is 5.91 Å². The molecule has 144 valence electrons. The molecule has 0 spiro atoms. The molecule has 27 heavy (non-hydrogen) atoms. The van der Waals surface area contributed by atoms with Crippen LogP contribution in [-0.2, 0) is 16.9 Å². The molecule has 0 bridgehead atoms. The fourth-order valence-electron chi connectivity index (χ4n) is 3.26. The standard InChI is InChI=1S/C19H24FN5O2/c1-11-23-13(10-27-11)9-22-12-6-7-15(20)14(8-12)19(4)18(2,3)16(26)25(5)17(21)24-19/h6-8,10,22H,9H2,1-5H3,(H2,21,24)/t19-/m1/s1. The molecule has 0 unspecified atom stereocenters. The zero-order chi connectivity index (χ0) is 20.0. The summed E-state index contributed by atoms with van der Waals surface area (Å²) in [6.45, 7) is 7.42. The zero-order valence-electron chi connectivity index (χ0n) is 16.1. The number of nitrogens with two attached hydrogens (primary N) is 1. The second-order valence-corrected chi connectivity index (χ2v) is 7.44. The molecule has 7 nitrogen and oxygen atoms in total. The third-order valence-corrected chi connectivity index (χ3v) is 5.37. The fourth-order valence-corrected chi connectivity index (χ4v) is 3.26. The van der Waals surface area contributed by atoms with Gasteiger partial charge in [0.15, 0.2) is 11.9 Å². The molecule has 1 aliphatic rings. The molecule has 0 fully saturated rings. The van der Waals surface area contributed by atoms with Crippen LogP contribution in [-0.4, -0.2) is 28.8 Å². The van der Waals surface area contributed by atoms with Crippen molar-refractivity contribution in [1.29, 1.82) is 0 Å². The number of hydrogen-bond donors (Lipinski definition) is 2. The molecule has 8 heteroatoms. The van der Waals surface area contributed by atoms with E-state index in [1.54, 1.807) is 53.1 Å². The van der Waals surface area contributed by atoms with E-state index in [-0.39, 0.29) is 11.9 Å². The quantitative estimate of drug-likeness (QED) is 0.859. The van der Waals surface area contributed by atoms with E-state index < -0.39 is 16.8 Å². The lowest BCUT2D eigenvalue weighted by atomic mass is 9.67. The molecule has 1 atom stereocenters. The molecule has 2 heterocycles. The van der Waals surface area contributed by atoms with Crippen LogP contribution in [0.1, 0.15) is 37.9 Å². The first kappa shape index (κ1) is 18.9. The molecule has 0 saturated carbocycles. The van der Waals surface area contributed by atoms with Crippen molar-refractivity contribution < 1.29 is 13.6 Å². The number of aromatic nitrogens is 1. The van der Waals surface area contributed by atoms with E-state index in [1.807, 2.05) is 0 Å². The average molecular weight is 373 g/mol. The first-order valence-corrected chi connectivity index (χ1v) is 8.64. The summed E-state index contributed by atoms with van der Waals surface area (Å²) in [5, 5.41) is 3.19. The molecule has 0 aliphatic carbocycles. The zero-order valence-corrected chi connectivity index (χ0v) is 16.1. The van der Waals surface area contributed by atoms with E-state index in [1.165, 1.54) is 11.0 Å². The van der Waals surface area contributed by atoms with Gasteiger partial charge in [-0.25, -0.2) is 14.4 Å². The second-order valence-electron chi connectivity index (χ2n) is 7.44. The SMILES string of the molecule is Cc1nc(CNc2ccc(F)c([C@@]3(C)N=C(N)N(C)C(=O)C3(C)C)c2)co1. The van der Waals surface area contributed by atoms with Crippen molar-refractivity contribution in [2.45, 2.75) is 39.8 Å². The van der Waals surface area contributed by atoms with Gasteiger partial charge in [0.05, 0.1) is 17.7 Å². The summed E-state index contributed by atoms with van der Waals surface area (Å²) in [4.78, 5) is 22.8. The Kier molecular flexibility index (Phi) is 4.45. The third kappa shape index (κ3) is 3.05. The summed E-state index contributed by atoms with van der Waals surface area (Å²) in [6.07, 6.45) is 1.57. The number of aliphatic imine (C=N–C) groups is 1. The van der Waals surface area contributed by atoms with E-state index in [4.69, 9.17) is 10.2 Å². The molecule has 3 N–H and O–H groups in total. The van der Waals surface area contributed by atoms with Crippen LogP contribution in [0, 0.1) is 18.2 Å². The van der Waals surface area contributed by atoms with E-state index in [0.717, 1.165) is 5.69 Å². The predicted octanol–water partition coefficient (Wildman–Crippen LogP) is 2.76. The Morgan fingerprint density at radius 1 is 1.33 bits per heavy atom. The van der Waals surface area contributed by atoms with E-state index in [2.05, 4.69) is 15.3 Å². The van der Waals surface area contributed by atoms with Gasteiger partial charge in [-0.15, -0.1) is 0 Å².